The molecule has 20 heavy (non-hydrogen) atoms. The van der Waals surface area contributed by atoms with Gasteiger partial charge in [0.15, 0.2) is 0 Å². The summed E-state index contributed by atoms with van der Waals surface area (Å²) >= 11 is 0. The second kappa shape index (κ2) is 6.87. The van der Waals surface area contributed by atoms with Crippen LogP contribution in [0, 0.1) is 0 Å². The molecule has 0 unspecified atom stereocenters. The van der Waals surface area contributed by atoms with Gasteiger partial charge < -0.3 is 9.64 Å². The van der Waals surface area contributed by atoms with Gasteiger partial charge in [0, 0.05) is 25.6 Å². The minimum Gasteiger partial charge on any atom is -0.469 e. The van der Waals surface area contributed by atoms with Crippen LogP contribution in [0.25, 0.3) is 0 Å². The van der Waals surface area contributed by atoms with Crippen molar-refractivity contribution in [2.24, 2.45) is 0 Å². The zero-order valence-corrected chi connectivity index (χ0v) is 13.7. The van der Waals surface area contributed by atoms with E-state index < -0.39 is 10.0 Å². The molecule has 0 amide bonds. The molecule has 0 atom stereocenters. The molecule has 0 aromatic rings. The summed E-state index contributed by atoms with van der Waals surface area (Å²) in [5, 5.41) is 0. The highest BCUT2D eigenvalue weighted by atomic mass is 32.2. The minimum absolute atomic E-state index is 0.0118. The van der Waals surface area contributed by atoms with E-state index in [-0.39, 0.29) is 23.7 Å². The van der Waals surface area contributed by atoms with E-state index in [0.29, 0.717) is 13.0 Å². The molecular formula is C13H26N2O4S. The van der Waals surface area contributed by atoms with Gasteiger partial charge in [0.1, 0.15) is 0 Å². The normalized spacial score (nSPS) is 18.1. The molecule has 0 heterocycles. The highest BCUT2D eigenvalue weighted by Gasteiger charge is 2.41. The number of hydrogen-bond donors (Lipinski definition) is 0. The zero-order chi connectivity index (χ0) is 15.4. The molecule has 0 spiro atoms. The Kier molecular flexibility index (Phi) is 5.97. The molecule has 0 N–H and O–H groups in total. The fourth-order valence-electron chi connectivity index (χ4n) is 2.50. The molecule has 1 aliphatic rings. The van der Waals surface area contributed by atoms with Crippen molar-refractivity contribution in [3.63, 3.8) is 0 Å². The first kappa shape index (κ1) is 17.4. The largest absolute Gasteiger partial charge is 0.469 e. The van der Waals surface area contributed by atoms with Gasteiger partial charge in [0.2, 0.25) is 10.0 Å². The molecule has 7 heteroatoms. The Balaban J connectivity index is 2.52. The van der Waals surface area contributed by atoms with Gasteiger partial charge in [0.05, 0.1) is 12.9 Å². The molecule has 1 rings (SSSR count). The maximum atomic E-state index is 12.2. The summed E-state index contributed by atoms with van der Waals surface area (Å²) in [5.41, 5.74) is -0.0236. The fraction of sp³-hybridized carbons (Fsp3) is 0.923. The van der Waals surface area contributed by atoms with E-state index in [0.717, 1.165) is 19.3 Å². The fourth-order valence-corrected chi connectivity index (χ4v) is 3.76. The van der Waals surface area contributed by atoms with Crippen LogP contribution in [0.4, 0.5) is 0 Å². The van der Waals surface area contributed by atoms with Crippen molar-refractivity contribution in [2.45, 2.75) is 37.6 Å². The van der Waals surface area contributed by atoms with Crippen LogP contribution < -0.4 is 0 Å². The van der Waals surface area contributed by atoms with Gasteiger partial charge in [-0.05, 0) is 39.8 Å². The van der Waals surface area contributed by atoms with Crippen LogP contribution in [0.5, 0.6) is 0 Å². The molecule has 0 aliphatic heterocycles. The van der Waals surface area contributed by atoms with Crippen molar-refractivity contribution < 1.29 is 17.9 Å². The average molecular weight is 306 g/mol. The smallest absolute Gasteiger partial charge is 0.305 e. The van der Waals surface area contributed by atoms with Crippen molar-refractivity contribution in [1.29, 1.82) is 0 Å². The van der Waals surface area contributed by atoms with Crippen LogP contribution >= 0.6 is 0 Å². The van der Waals surface area contributed by atoms with Crippen LogP contribution in [-0.2, 0) is 19.6 Å². The number of sulfonamides is 1. The number of carbonyl (C=O) groups is 1. The summed E-state index contributed by atoms with van der Waals surface area (Å²) in [5.74, 6) is -0.381. The summed E-state index contributed by atoms with van der Waals surface area (Å²) in [4.78, 5) is 13.1. The molecule has 0 saturated heterocycles. The summed E-state index contributed by atoms with van der Waals surface area (Å²) in [6, 6.07) is 0. The minimum atomic E-state index is -3.31. The van der Waals surface area contributed by atoms with Crippen LogP contribution in [0.15, 0.2) is 0 Å². The Morgan fingerprint density at radius 3 is 2.25 bits per heavy atom. The van der Waals surface area contributed by atoms with Crippen molar-refractivity contribution in [3.8, 4) is 0 Å². The topological polar surface area (TPSA) is 66.9 Å². The number of rotatable bonds is 8. The number of esters is 1. The van der Waals surface area contributed by atoms with E-state index in [1.165, 1.54) is 11.4 Å². The zero-order valence-electron chi connectivity index (χ0n) is 12.9. The van der Waals surface area contributed by atoms with E-state index in [9.17, 15) is 13.2 Å². The molecule has 6 nitrogen and oxygen atoms in total. The highest BCUT2D eigenvalue weighted by Crippen LogP contribution is 2.37. The number of hydrogen-bond acceptors (Lipinski definition) is 5. The van der Waals surface area contributed by atoms with Crippen LogP contribution in [0.2, 0.25) is 0 Å². The Morgan fingerprint density at radius 2 is 1.85 bits per heavy atom. The molecule has 0 radical (unpaired) electrons. The van der Waals surface area contributed by atoms with Gasteiger partial charge in [-0.15, -0.1) is 0 Å². The van der Waals surface area contributed by atoms with E-state index in [1.54, 1.807) is 7.05 Å². The molecule has 118 valence electrons. The first-order valence-corrected chi connectivity index (χ1v) is 8.53. The first-order chi connectivity index (χ1) is 9.23. The summed E-state index contributed by atoms with van der Waals surface area (Å²) in [7, 11) is 3.61. The molecule has 1 aliphatic carbocycles. The van der Waals surface area contributed by atoms with Gasteiger partial charge in [-0.3, -0.25) is 4.79 Å². The lowest BCUT2D eigenvalue weighted by molar-refractivity contribution is -0.140. The Labute approximate surface area is 122 Å². The summed E-state index contributed by atoms with van der Waals surface area (Å²) in [6.45, 7) is 0.514. The third-order valence-corrected chi connectivity index (χ3v) is 6.12. The number of likely N-dealkylation sites (N-methyl/N-ethyl adjacent to an activating group) is 2. The van der Waals surface area contributed by atoms with Crippen molar-refractivity contribution in [3.05, 3.63) is 0 Å². The van der Waals surface area contributed by atoms with Gasteiger partial charge in [0.25, 0.3) is 0 Å². The molecule has 0 aromatic carbocycles. The van der Waals surface area contributed by atoms with E-state index in [4.69, 9.17) is 0 Å². The lowest BCUT2D eigenvalue weighted by Gasteiger charge is -2.49. The number of nitrogens with zero attached hydrogens (tertiary/aromatic N) is 2. The first-order valence-electron chi connectivity index (χ1n) is 6.92. The molecule has 0 bridgehead atoms. The highest BCUT2D eigenvalue weighted by molar-refractivity contribution is 7.89. The van der Waals surface area contributed by atoms with E-state index in [1.807, 2.05) is 14.1 Å². The maximum absolute atomic E-state index is 12.2. The van der Waals surface area contributed by atoms with Gasteiger partial charge in [-0.25, -0.2) is 12.7 Å². The SMILES string of the molecule is COC(=O)CCCS(=O)(=O)N(C)CC1(N(C)C)CCC1. The number of carbonyl (C=O) groups excluding carboxylic acids is 1. The maximum Gasteiger partial charge on any atom is 0.305 e. The monoisotopic (exact) mass is 306 g/mol. The predicted molar refractivity (Wildman–Crippen MR) is 77.9 cm³/mol. The Hall–Kier alpha value is -0.660. The van der Waals surface area contributed by atoms with Gasteiger partial charge in [-0.1, -0.05) is 0 Å². The second-order valence-corrected chi connectivity index (χ2v) is 7.92. The second-order valence-electron chi connectivity index (χ2n) is 5.72. The lowest BCUT2D eigenvalue weighted by Crippen LogP contribution is -2.57. The number of ether oxygens (including phenoxy) is 1. The van der Waals surface area contributed by atoms with Crippen LogP contribution in [0.1, 0.15) is 32.1 Å². The third kappa shape index (κ3) is 4.17. The van der Waals surface area contributed by atoms with Crippen molar-refractivity contribution in [1.82, 2.24) is 9.21 Å². The summed E-state index contributed by atoms with van der Waals surface area (Å²) < 4.78 is 30.3. The van der Waals surface area contributed by atoms with E-state index in [2.05, 4.69) is 9.64 Å². The van der Waals surface area contributed by atoms with Gasteiger partial charge in [-0.2, -0.15) is 0 Å². The lowest BCUT2D eigenvalue weighted by atomic mass is 9.75. The van der Waals surface area contributed by atoms with Crippen molar-refractivity contribution in [2.75, 3.05) is 40.6 Å². The van der Waals surface area contributed by atoms with Gasteiger partial charge >= 0.3 is 5.97 Å². The predicted octanol–water partition coefficient (Wildman–Crippen LogP) is 0.686. The van der Waals surface area contributed by atoms with Crippen LogP contribution in [-0.4, -0.2) is 69.7 Å². The molecule has 1 fully saturated rings. The van der Waals surface area contributed by atoms with Crippen LogP contribution in [0.3, 0.4) is 0 Å². The average Bonchev–Trinajstić information content (AvgIpc) is 2.32. The van der Waals surface area contributed by atoms with Crippen molar-refractivity contribution >= 4 is 16.0 Å². The Morgan fingerprint density at radius 1 is 1.25 bits per heavy atom. The third-order valence-electron chi connectivity index (χ3n) is 4.24. The quantitative estimate of drug-likeness (QED) is 0.617. The molecule has 1 saturated carbocycles. The Bertz CT molecular complexity index is 430. The molecular weight excluding hydrogens is 280 g/mol. The molecule has 0 aromatic heterocycles. The summed E-state index contributed by atoms with van der Waals surface area (Å²) in [6.07, 6.45) is 3.65. The van der Waals surface area contributed by atoms with E-state index >= 15 is 0 Å². The standard InChI is InChI=1S/C13H26N2O4S/c1-14(2)13(8-6-9-13)11-15(3)20(17,18)10-5-7-12(16)19-4/h5-11H2,1-4H3. The number of methoxy groups -OCH3 is 1.